The molecule has 0 bridgehead atoms. The predicted octanol–water partition coefficient (Wildman–Crippen LogP) is 4.06. The molecule has 0 spiro atoms. The number of nitrogens with zero attached hydrogens (tertiary/aromatic N) is 3. The number of hydrogen-bond donors (Lipinski definition) is 0. The Morgan fingerprint density at radius 1 is 1.14 bits per heavy atom. The lowest BCUT2D eigenvalue weighted by molar-refractivity contribution is -0.131. The summed E-state index contributed by atoms with van der Waals surface area (Å²) in [5.74, 6) is 0.139. The van der Waals surface area contributed by atoms with Crippen LogP contribution in [0.15, 0.2) is 46.3 Å². The second kappa shape index (κ2) is 7.95. The van der Waals surface area contributed by atoms with Gasteiger partial charge >= 0.3 is 0 Å². The quantitative estimate of drug-likeness (QED) is 0.380. The number of hydrogen-bond acceptors (Lipinski definition) is 4. The summed E-state index contributed by atoms with van der Waals surface area (Å²) in [5, 5.41) is 3.07. The van der Waals surface area contributed by atoms with Crippen LogP contribution in [-0.2, 0) is 11.3 Å². The fraction of sp³-hybridized carbons (Fsp3) is 0.409. The van der Waals surface area contributed by atoms with Gasteiger partial charge in [-0.2, -0.15) is 0 Å². The average Bonchev–Trinajstić information content (AvgIpc) is 2.73. The molecule has 5 nitrogen and oxygen atoms in total. The maximum Gasteiger partial charge on any atom is 0.262 e. The van der Waals surface area contributed by atoms with Gasteiger partial charge in [0.05, 0.1) is 16.2 Å². The molecule has 0 radical (unpaired) electrons. The molecule has 1 amide bonds. The van der Waals surface area contributed by atoms with Crippen LogP contribution in [0.25, 0.3) is 21.7 Å². The molecule has 1 aromatic heterocycles. The zero-order chi connectivity index (χ0) is 19.7. The molecule has 1 aliphatic heterocycles. The summed E-state index contributed by atoms with van der Waals surface area (Å²) in [6, 6.07) is 11.9. The molecule has 1 atom stereocenters. The van der Waals surface area contributed by atoms with Crippen LogP contribution >= 0.6 is 11.8 Å². The largest absolute Gasteiger partial charge is 0.342 e. The van der Waals surface area contributed by atoms with Crippen molar-refractivity contribution in [3.05, 3.63) is 46.8 Å². The SMILES string of the molecule is CCn1c(S[C@@H](C)C(=O)N2CCCCC2)nc2cc3ccccc3cc2c1=O. The van der Waals surface area contributed by atoms with Crippen molar-refractivity contribution in [2.24, 2.45) is 0 Å². The minimum Gasteiger partial charge on any atom is -0.342 e. The van der Waals surface area contributed by atoms with Crippen molar-refractivity contribution in [3.63, 3.8) is 0 Å². The molecule has 1 fully saturated rings. The zero-order valence-corrected chi connectivity index (χ0v) is 17.2. The summed E-state index contributed by atoms with van der Waals surface area (Å²) in [5.41, 5.74) is 0.645. The molecule has 2 aromatic carbocycles. The number of fused-ring (bicyclic) bond motifs is 2. The topological polar surface area (TPSA) is 55.2 Å². The van der Waals surface area contributed by atoms with E-state index in [1.54, 1.807) is 4.57 Å². The normalized spacial score (nSPS) is 15.9. The average molecular weight is 396 g/mol. The predicted molar refractivity (Wildman–Crippen MR) is 115 cm³/mol. The van der Waals surface area contributed by atoms with Gasteiger partial charge in [0, 0.05) is 19.6 Å². The van der Waals surface area contributed by atoms with E-state index in [1.165, 1.54) is 18.2 Å². The van der Waals surface area contributed by atoms with Gasteiger partial charge in [0.1, 0.15) is 0 Å². The van der Waals surface area contributed by atoms with Crippen molar-refractivity contribution in [1.29, 1.82) is 0 Å². The van der Waals surface area contributed by atoms with Gasteiger partial charge in [0.25, 0.3) is 5.56 Å². The minimum atomic E-state index is -0.263. The molecular formula is C22H25N3O2S. The minimum absolute atomic E-state index is 0.0432. The number of carbonyl (C=O) groups excluding carboxylic acids is 1. The van der Waals surface area contributed by atoms with E-state index in [0.717, 1.165) is 36.7 Å². The van der Waals surface area contributed by atoms with Crippen LogP contribution in [-0.4, -0.2) is 38.7 Å². The lowest BCUT2D eigenvalue weighted by atomic mass is 10.1. The van der Waals surface area contributed by atoms with Gasteiger partial charge in [-0.05, 0) is 56.0 Å². The lowest BCUT2D eigenvalue weighted by Crippen LogP contribution is -2.40. The van der Waals surface area contributed by atoms with Gasteiger partial charge in [-0.25, -0.2) is 4.98 Å². The van der Waals surface area contributed by atoms with Crippen molar-refractivity contribution in [2.75, 3.05) is 13.1 Å². The number of amides is 1. The highest BCUT2D eigenvalue weighted by Gasteiger charge is 2.25. The van der Waals surface area contributed by atoms with Crippen molar-refractivity contribution in [3.8, 4) is 0 Å². The molecule has 3 aromatic rings. The van der Waals surface area contributed by atoms with Crippen LogP contribution in [0.1, 0.15) is 33.1 Å². The molecule has 146 valence electrons. The van der Waals surface area contributed by atoms with Crippen LogP contribution in [0, 0.1) is 0 Å². The third-order valence-corrected chi connectivity index (χ3v) is 6.48. The number of aromatic nitrogens is 2. The van der Waals surface area contributed by atoms with Crippen molar-refractivity contribution >= 4 is 39.3 Å². The lowest BCUT2D eigenvalue weighted by Gasteiger charge is -2.29. The van der Waals surface area contributed by atoms with Crippen LogP contribution < -0.4 is 5.56 Å². The molecule has 0 saturated carbocycles. The first-order valence-electron chi connectivity index (χ1n) is 9.97. The second-order valence-electron chi connectivity index (χ2n) is 7.31. The molecular weight excluding hydrogens is 370 g/mol. The van der Waals surface area contributed by atoms with Gasteiger partial charge in [-0.15, -0.1) is 0 Å². The fourth-order valence-electron chi connectivity index (χ4n) is 3.84. The van der Waals surface area contributed by atoms with Gasteiger partial charge in [-0.3, -0.25) is 14.2 Å². The first kappa shape index (κ1) is 19.0. The third kappa shape index (κ3) is 3.53. The molecule has 4 rings (SSSR count). The summed E-state index contributed by atoms with van der Waals surface area (Å²) in [7, 11) is 0. The smallest absolute Gasteiger partial charge is 0.262 e. The number of rotatable bonds is 4. The van der Waals surface area contributed by atoms with Crippen LogP contribution in [0.5, 0.6) is 0 Å². The zero-order valence-electron chi connectivity index (χ0n) is 16.4. The van der Waals surface area contributed by atoms with E-state index in [2.05, 4.69) is 0 Å². The Morgan fingerprint density at radius 2 is 1.82 bits per heavy atom. The van der Waals surface area contributed by atoms with E-state index in [-0.39, 0.29) is 16.7 Å². The second-order valence-corrected chi connectivity index (χ2v) is 8.61. The number of likely N-dealkylation sites (tertiary alicyclic amines) is 1. The van der Waals surface area contributed by atoms with E-state index in [1.807, 2.05) is 55.1 Å². The van der Waals surface area contributed by atoms with E-state index >= 15 is 0 Å². The summed E-state index contributed by atoms with van der Waals surface area (Å²) < 4.78 is 1.68. The highest BCUT2D eigenvalue weighted by molar-refractivity contribution is 8.00. The highest BCUT2D eigenvalue weighted by atomic mass is 32.2. The van der Waals surface area contributed by atoms with Gasteiger partial charge in [-0.1, -0.05) is 36.0 Å². The first-order valence-corrected chi connectivity index (χ1v) is 10.8. The number of thioether (sulfide) groups is 1. The van der Waals surface area contributed by atoms with Crippen LogP contribution in [0.3, 0.4) is 0 Å². The molecule has 0 aliphatic carbocycles. The highest BCUT2D eigenvalue weighted by Crippen LogP contribution is 2.26. The molecule has 0 unspecified atom stereocenters. The van der Waals surface area contributed by atoms with E-state index in [4.69, 9.17) is 4.98 Å². The Morgan fingerprint density at radius 3 is 2.50 bits per heavy atom. The maximum atomic E-state index is 13.1. The molecule has 1 saturated heterocycles. The van der Waals surface area contributed by atoms with E-state index in [9.17, 15) is 9.59 Å². The molecule has 0 N–H and O–H groups in total. The molecule has 28 heavy (non-hydrogen) atoms. The maximum absolute atomic E-state index is 13.1. The Hall–Kier alpha value is -2.34. The van der Waals surface area contributed by atoms with E-state index < -0.39 is 0 Å². The number of carbonyl (C=O) groups is 1. The van der Waals surface area contributed by atoms with Crippen LogP contribution in [0.2, 0.25) is 0 Å². The Kier molecular flexibility index (Phi) is 5.40. The van der Waals surface area contributed by atoms with Gasteiger partial charge in [0.15, 0.2) is 5.16 Å². The Balaban J connectivity index is 1.72. The van der Waals surface area contributed by atoms with Crippen molar-refractivity contribution in [2.45, 2.75) is 50.1 Å². The summed E-state index contributed by atoms with van der Waals surface area (Å²) in [4.78, 5) is 32.6. The molecule has 2 heterocycles. The summed E-state index contributed by atoms with van der Waals surface area (Å²) in [6.07, 6.45) is 3.34. The van der Waals surface area contributed by atoms with Crippen LogP contribution in [0.4, 0.5) is 0 Å². The van der Waals surface area contributed by atoms with E-state index in [0.29, 0.717) is 22.6 Å². The fourth-order valence-corrected chi connectivity index (χ4v) is 4.89. The molecule has 1 aliphatic rings. The summed E-state index contributed by atoms with van der Waals surface area (Å²) in [6.45, 7) is 6.06. The number of piperidine rings is 1. The Labute approximate surface area is 168 Å². The van der Waals surface area contributed by atoms with Gasteiger partial charge < -0.3 is 4.90 Å². The third-order valence-electron chi connectivity index (χ3n) is 5.40. The monoisotopic (exact) mass is 395 g/mol. The van der Waals surface area contributed by atoms with Crippen molar-refractivity contribution < 1.29 is 4.79 Å². The first-order chi connectivity index (χ1) is 13.6. The Bertz CT molecular complexity index is 1090. The molecule has 6 heteroatoms. The van der Waals surface area contributed by atoms with Gasteiger partial charge in [0.2, 0.25) is 5.91 Å². The standard InChI is InChI=1S/C22H25N3O2S/c1-3-25-21(27)18-13-16-9-5-6-10-17(16)14-19(18)23-22(25)28-15(2)20(26)24-11-7-4-8-12-24/h5-6,9-10,13-15H,3-4,7-8,11-12H2,1-2H3/t15-/m0/s1. The number of benzene rings is 2. The summed E-state index contributed by atoms with van der Waals surface area (Å²) >= 11 is 1.39. The van der Waals surface area contributed by atoms with Crippen molar-refractivity contribution in [1.82, 2.24) is 14.5 Å².